The molecule has 0 spiro atoms. The zero-order valence-electron chi connectivity index (χ0n) is 8.64. The van der Waals surface area contributed by atoms with E-state index in [1.165, 1.54) is 0 Å². The quantitative estimate of drug-likeness (QED) is 0.767. The first-order chi connectivity index (χ1) is 7.05. The molecule has 0 unspecified atom stereocenters. The highest BCUT2D eigenvalue weighted by molar-refractivity contribution is 7.91. The van der Waals surface area contributed by atoms with E-state index in [0.29, 0.717) is 11.4 Å². The largest absolute Gasteiger partial charge is 0.490 e. The number of anilines is 1. The Labute approximate surface area is 90.0 Å². The van der Waals surface area contributed by atoms with Crippen molar-refractivity contribution in [1.82, 2.24) is 0 Å². The zero-order chi connectivity index (χ0) is 11.3. The van der Waals surface area contributed by atoms with Crippen molar-refractivity contribution in [3.05, 3.63) is 24.3 Å². The first kappa shape index (κ1) is 11.8. The monoisotopic (exact) mass is 229 g/mol. The summed E-state index contributed by atoms with van der Waals surface area (Å²) >= 11 is 0. The number of para-hydroxylation sites is 2. The lowest BCUT2D eigenvalue weighted by molar-refractivity contribution is 0.342. The van der Waals surface area contributed by atoms with Crippen LogP contribution in [0.25, 0.3) is 0 Å². The zero-order valence-corrected chi connectivity index (χ0v) is 9.46. The summed E-state index contributed by atoms with van der Waals surface area (Å²) in [6, 6.07) is 7.02. The van der Waals surface area contributed by atoms with Crippen LogP contribution in [0.2, 0.25) is 0 Å². The third-order valence-electron chi connectivity index (χ3n) is 2.01. The van der Waals surface area contributed by atoms with Crippen molar-refractivity contribution in [2.24, 2.45) is 0 Å². The van der Waals surface area contributed by atoms with E-state index in [9.17, 15) is 8.42 Å². The highest BCUT2D eigenvalue weighted by Crippen LogP contribution is 2.19. The molecular weight excluding hydrogens is 214 g/mol. The van der Waals surface area contributed by atoms with Gasteiger partial charge < -0.3 is 10.5 Å². The SMILES string of the molecule is CCS(=O)(=O)CCOc1ccccc1N. The topological polar surface area (TPSA) is 69.4 Å². The van der Waals surface area contributed by atoms with Crippen LogP contribution < -0.4 is 10.5 Å². The fraction of sp³-hybridized carbons (Fsp3) is 0.400. The van der Waals surface area contributed by atoms with Gasteiger partial charge >= 0.3 is 0 Å². The van der Waals surface area contributed by atoms with Gasteiger partial charge in [0, 0.05) is 5.75 Å². The molecule has 5 heteroatoms. The van der Waals surface area contributed by atoms with E-state index in [2.05, 4.69) is 0 Å². The van der Waals surface area contributed by atoms with Crippen molar-refractivity contribution in [2.45, 2.75) is 6.92 Å². The van der Waals surface area contributed by atoms with E-state index in [4.69, 9.17) is 10.5 Å². The fourth-order valence-electron chi connectivity index (χ4n) is 1.03. The Balaban J connectivity index is 2.49. The Morgan fingerprint density at radius 3 is 2.60 bits per heavy atom. The summed E-state index contributed by atoms with van der Waals surface area (Å²) < 4.78 is 27.6. The lowest BCUT2D eigenvalue weighted by Gasteiger charge is -2.07. The second kappa shape index (κ2) is 5.02. The lowest BCUT2D eigenvalue weighted by atomic mass is 10.3. The average Bonchev–Trinajstić information content (AvgIpc) is 2.21. The maximum atomic E-state index is 11.2. The Kier molecular flexibility index (Phi) is 3.96. The highest BCUT2D eigenvalue weighted by Gasteiger charge is 2.07. The second-order valence-corrected chi connectivity index (χ2v) is 5.60. The van der Waals surface area contributed by atoms with Gasteiger partial charge in [-0.25, -0.2) is 8.42 Å². The Morgan fingerprint density at radius 1 is 1.33 bits per heavy atom. The molecule has 0 radical (unpaired) electrons. The molecular formula is C10H15NO3S. The molecule has 0 heterocycles. The van der Waals surface area contributed by atoms with E-state index in [0.717, 1.165) is 0 Å². The normalized spacial score (nSPS) is 11.3. The van der Waals surface area contributed by atoms with Gasteiger partial charge in [0.1, 0.15) is 12.4 Å². The first-order valence-corrected chi connectivity index (χ1v) is 6.55. The standard InChI is InChI=1S/C10H15NO3S/c1-2-15(12,13)8-7-14-10-6-4-3-5-9(10)11/h3-6H,2,7-8,11H2,1H3. The second-order valence-electron chi connectivity index (χ2n) is 3.12. The number of nitrogens with two attached hydrogens (primary N) is 1. The molecule has 0 saturated carbocycles. The molecule has 0 bridgehead atoms. The van der Waals surface area contributed by atoms with Crippen LogP contribution in [0.15, 0.2) is 24.3 Å². The molecule has 1 rings (SSSR count). The van der Waals surface area contributed by atoms with Gasteiger partial charge in [0.25, 0.3) is 0 Å². The highest BCUT2D eigenvalue weighted by atomic mass is 32.2. The molecule has 0 aliphatic heterocycles. The molecule has 0 atom stereocenters. The van der Waals surface area contributed by atoms with Crippen LogP contribution in [0.5, 0.6) is 5.75 Å². The number of nitrogen functional groups attached to an aromatic ring is 1. The van der Waals surface area contributed by atoms with Crippen LogP contribution in [-0.4, -0.2) is 26.5 Å². The van der Waals surface area contributed by atoms with E-state index >= 15 is 0 Å². The minimum Gasteiger partial charge on any atom is -0.490 e. The molecule has 2 N–H and O–H groups in total. The predicted molar refractivity (Wildman–Crippen MR) is 60.7 cm³/mol. The lowest BCUT2D eigenvalue weighted by Crippen LogP contribution is -2.15. The van der Waals surface area contributed by atoms with Gasteiger partial charge in [-0.2, -0.15) is 0 Å². The van der Waals surface area contributed by atoms with Crippen LogP contribution in [0.4, 0.5) is 5.69 Å². The van der Waals surface area contributed by atoms with Crippen molar-refractivity contribution in [3.8, 4) is 5.75 Å². The van der Waals surface area contributed by atoms with Gasteiger partial charge in [0.05, 0.1) is 11.4 Å². The number of benzene rings is 1. The smallest absolute Gasteiger partial charge is 0.153 e. The van der Waals surface area contributed by atoms with E-state index in [1.54, 1.807) is 31.2 Å². The van der Waals surface area contributed by atoms with Crippen LogP contribution in [-0.2, 0) is 9.84 Å². The molecule has 0 saturated heterocycles. The number of rotatable bonds is 5. The predicted octanol–water partition coefficient (Wildman–Crippen LogP) is 1.08. The third kappa shape index (κ3) is 3.79. The summed E-state index contributed by atoms with van der Waals surface area (Å²) in [5, 5.41) is 0. The summed E-state index contributed by atoms with van der Waals surface area (Å²) in [7, 11) is -2.97. The minimum atomic E-state index is -2.97. The molecule has 0 aromatic heterocycles. The van der Waals surface area contributed by atoms with Crippen LogP contribution in [0.1, 0.15) is 6.92 Å². The molecule has 84 valence electrons. The molecule has 1 aromatic rings. The summed E-state index contributed by atoms with van der Waals surface area (Å²) in [5.41, 5.74) is 6.15. The van der Waals surface area contributed by atoms with Crippen LogP contribution >= 0.6 is 0 Å². The van der Waals surface area contributed by atoms with Gasteiger partial charge in [0.2, 0.25) is 0 Å². The molecule has 0 aliphatic rings. The van der Waals surface area contributed by atoms with Gasteiger partial charge in [-0.1, -0.05) is 19.1 Å². The van der Waals surface area contributed by atoms with E-state index in [-0.39, 0.29) is 18.1 Å². The number of hydrogen-bond donors (Lipinski definition) is 1. The third-order valence-corrected chi connectivity index (χ3v) is 3.68. The minimum absolute atomic E-state index is 0.0256. The number of sulfone groups is 1. The fourth-order valence-corrected chi connectivity index (χ4v) is 1.66. The van der Waals surface area contributed by atoms with Crippen molar-refractivity contribution in [3.63, 3.8) is 0 Å². The number of ether oxygens (including phenoxy) is 1. The molecule has 0 amide bonds. The van der Waals surface area contributed by atoms with Gasteiger partial charge in [-0.15, -0.1) is 0 Å². The summed E-state index contributed by atoms with van der Waals surface area (Å²) in [6.07, 6.45) is 0. The molecule has 1 aromatic carbocycles. The molecule has 4 nitrogen and oxygen atoms in total. The van der Waals surface area contributed by atoms with E-state index in [1.807, 2.05) is 0 Å². The van der Waals surface area contributed by atoms with Crippen molar-refractivity contribution < 1.29 is 13.2 Å². The summed E-state index contributed by atoms with van der Waals surface area (Å²) in [4.78, 5) is 0. The Morgan fingerprint density at radius 2 is 2.00 bits per heavy atom. The molecule has 15 heavy (non-hydrogen) atoms. The van der Waals surface area contributed by atoms with Crippen molar-refractivity contribution >= 4 is 15.5 Å². The first-order valence-electron chi connectivity index (χ1n) is 4.73. The Hall–Kier alpha value is -1.23. The van der Waals surface area contributed by atoms with Crippen LogP contribution in [0, 0.1) is 0 Å². The summed E-state index contributed by atoms with van der Waals surface area (Å²) in [5.74, 6) is 0.696. The van der Waals surface area contributed by atoms with Gasteiger partial charge in [0.15, 0.2) is 9.84 Å². The average molecular weight is 229 g/mol. The van der Waals surface area contributed by atoms with Crippen molar-refractivity contribution in [2.75, 3.05) is 23.8 Å². The van der Waals surface area contributed by atoms with Crippen LogP contribution in [0.3, 0.4) is 0 Å². The van der Waals surface area contributed by atoms with Gasteiger partial charge in [-0.3, -0.25) is 0 Å². The van der Waals surface area contributed by atoms with Crippen molar-refractivity contribution in [1.29, 1.82) is 0 Å². The van der Waals surface area contributed by atoms with E-state index < -0.39 is 9.84 Å². The molecule has 0 aliphatic carbocycles. The maximum absolute atomic E-state index is 11.2. The maximum Gasteiger partial charge on any atom is 0.153 e. The summed E-state index contributed by atoms with van der Waals surface area (Å²) in [6.45, 7) is 1.76. The Bertz CT molecular complexity index is 414. The number of hydrogen-bond acceptors (Lipinski definition) is 4. The van der Waals surface area contributed by atoms with Gasteiger partial charge in [-0.05, 0) is 12.1 Å². The molecule has 0 fully saturated rings.